The van der Waals surface area contributed by atoms with Crippen LogP contribution >= 0.6 is 35.1 Å². The number of thioether (sulfide) groups is 1. The molecule has 3 aromatic rings. The van der Waals surface area contributed by atoms with Crippen molar-refractivity contribution in [3.05, 3.63) is 64.6 Å². The normalized spacial score (nSPS) is 11.3. The van der Waals surface area contributed by atoms with E-state index in [4.69, 9.17) is 16.7 Å². The molecular weight excluding hydrogens is 382 g/mol. The molecule has 0 aliphatic carbocycles. The summed E-state index contributed by atoms with van der Waals surface area (Å²) in [6.07, 6.45) is 3.66. The summed E-state index contributed by atoms with van der Waals surface area (Å²) in [5.41, 5.74) is 3.53. The molecule has 3 nitrogen and oxygen atoms in total. The molecule has 3 rings (SSSR count). The Morgan fingerprint density at radius 3 is 2.46 bits per heavy atom. The summed E-state index contributed by atoms with van der Waals surface area (Å²) in [6.45, 7) is 8.49. The lowest BCUT2D eigenvalue weighted by atomic mass is 10.2. The highest BCUT2D eigenvalue weighted by molar-refractivity contribution is 8.00. The Hall–Kier alpha value is -1.43. The Bertz CT molecular complexity index is 871. The van der Waals surface area contributed by atoms with Gasteiger partial charge in [-0.1, -0.05) is 23.4 Å². The fourth-order valence-corrected chi connectivity index (χ4v) is 5.41. The van der Waals surface area contributed by atoms with E-state index in [9.17, 15) is 0 Å². The maximum Gasteiger partial charge on any atom is 0.103 e. The molecule has 0 bridgehead atoms. The Morgan fingerprint density at radius 1 is 1.08 bits per heavy atom. The van der Waals surface area contributed by atoms with E-state index in [0.29, 0.717) is 6.04 Å². The summed E-state index contributed by atoms with van der Waals surface area (Å²) in [4.78, 5) is 6.45. The number of aryl methyl sites for hydroxylation is 2. The van der Waals surface area contributed by atoms with Gasteiger partial charge < -0.3 is 0 Å². The van der Waals surface area contributed by atoms with Gasteiger partial charge in [-0.05, 0) is 63.6 Å². The number of pyridine rings is 1. The molecule has 2 aromatic heterocycles. The van der Waals surface area contributed by atoms with E-state index in [2.05, 4.69) is 43.4 Å². The molecule has 0 saturated heterocycles. The van der Waals surface area contributed by atoms with Crippen LogP contribution in [-0.4, -0.2) is 14.8 Å². The molecule has 26 heavy (non-hydrogen) atoms. The third-order valence-corrected chi connectivity index (χ3v) is 6.27. The average molecular weight is 404 g/mol. The van der Waals surface area contributed by atoms with E-state index in [0.717, 1.165) is 21.4 Å². The molecule has 136 valence electrons. The number of aromatic nitrogens is 3. The standard InChI is InChI=1S/C20H22ClN3S2/c1-13(2)24-20(26-18-10-14(3)9-16(21)11-18)19(15(4)23-24)12-25-17-5-7-22-8-6-17/h5-11,13H,12H2,1-4H3. The van der Waals surface area contributed by atoms with Crippen LogP contribution in [0.1, 0.15) is 36.7 Å². The van der Waals surface area contributed by atoms with Crippen molar-refractivity contribution in [1.29, 1.82) is 0 Å². The van der Waals surface area contributed by atoms with Gasteiger partial charge >= 0.3 is 0 Å². The predicted octanol–water partition coefficient (Wildman–Crippen LogP) is 6.57. The van der Waals surface area contributed by atoms with Crippen LogP contribution in [0.15, 0.2) is 57.5 Å². The number of halogens is 1. The second-order valence-electron chi connectivity index (χ2n) is 6.45. The molecule has 1 aromatic carbocycles. The summed E-state index contributed by atoms with van der Waals surface area (Å²) in [5, 5.41) is 6.77. The van der Waals surface area contributed by atoms with Crippen LogP contribution in [-0.2, 0) is 5.75 Å². The zero-order valence-corrected chi connectivity index (χ0v) is 17.8. The largest absolute Gasteiger partial charge is 0.265 e. The van der Waals surface area contributed by atoms with Crippen molar-refractivity contribution >= 4 is 35.1 Å². The van der Waals surface area contributed by atoms with Gasteiger partial charge in [-0.25, -0.2) is 0 Å². The van der Waals surface area contributed by atoms with Gasteiger partial charge in [0, 0.05) is 44.6 Å². The smallest absolute Gasteiger partial charge is 0.103 e. The van der Waals surface area contributed by atoms with Gasteiger partial charge in [0.05, 0.1) is 5.69 Å². The minimum absolute atomic E-state index is 0.302. The van der Waals surface area contributed by atoms with Gasteiger partial charge in [-0.3, -0.25) is 9.67 Å². The van der Waals surface area contributed by atoms with Crippen LogP contribution in [0.5, 0.6) is 0 Å². The SMILES string of the molecule is Cc1cc(Cl)cc(Sc2c(CSc3ccncc3)c(C)nn2C(C)C)c1. The molecule has 0 fully saturated rings. The summed E-state index contributed by atoms with van der Waals surface area (Å²) >= 11 is 9.81. The number of nitrogens with zero attached hydrogens (tertiary/aromatic N) is 3. The van der Waals surface area contributed by atoms with Crippen molar-refractivity contribution < 1.29 is 0 Å². The van der Waals surface area contributed by atoms with Gasteiger partial charge in [0.15, 0.2) is 0 Å². The number of rotatable bonds is 6. The highest BCUT2D eigenvalue weighted by Crippen LogP contribution is 2.38. The second-order valence-corrected chi connectivity index (χ2v) is 8.99. The van der Waals surface area contributed by atoms with E-state index in [1.807, 2.05) is 48.4 Å². The predicted molar refractivity (Wildman–Crippen MR) is 111 cm³/mol. The Morgan fingerprint density at radius 2 is 1.81 bits per heavy atom. The van der Waals surface area contributed by atoms with Gasteiger partial charge in [0.1, 0.15) is 5.03 Å². The van der Waals surface area contributed by atoms with Crippen LogP contribution in [0.4, 0.5) is 0 Å². The molecule has 0 aliphatic heterocycles. The molecule has 0 unspecified atom stereocenters. The first-order valence-corrected chi connectivity index (χ1v) is 10.7. The summed E-state index contributed by atoms with van der Waals surface area (Å²) in [6, 6.07) is 10.6. The quantitative estimate of drug-likeness (QED) is 0.435. The number of benzene rings is 1. The average Bonchev–Trinajstić information content (AvgIpc) is 2.89. The van der Waals surface area contributed by atoms with Gasteiger partial charge in [0.2, 0.25) is 0 Å². The fourth-order valence-electron chi connectivity index (χ4n) is 2.65. The van der Waals surface area contributed by atoms with Crippen LogP contribution in [0.25, 0.3) is 0 Å². The maximum atomic E-state index is 6.26. The van der Waals surface area contributed by atoms with Gasteiger partial charge in [-0.15, -0.1) is 11.8 Å². The molecular formula is C20H22ClN3S2. The summed E-state index contributed by atoms with van der Waals surface area (Å²) < 4.78 is 2.12. The van der Waals surface area contributed by atoms with E-state index in [-0.39, 0.29) is 0 Å². The Balaban J connectivity index is 1.93. The monoisotopic (exact) mass is 403 g/mol. The molecule has 0 saturated carbocycles. The summed E-state index contributed by atoms with van der Waals surface area (Å²) in [5.74, 6) is 0.879. The molecule has 0 spiro atoms. The topological polar surface area (TPSA) is 30.7 Å². The molecule has 6 heteroatoms. The van der Waals surface area contributed by atoms with E-state index >= 15 is 0 Å². The fraction of sp³-hybridized carbons (Fsp3) is 0.300. The minimum atomic E-state index is 0.302. The first-order valence-electron chi connectivity index (χ1n) is 8.50. The highest BCUT2D eigenvalue weighted by atomic mass is 35.5. The molecule has 0 atom stereocenters. The Labute approximate surface area is 168 Å². The molecule has 0 radical (unpaired) electrons. The van der Waals surface area contributed by atoms with Crippen molar-refractivity contribution in [1.82, 2.24) is 14.8 Å². The lowest BCUT2D eigenvalue weighted by molar-refractivity contribution is 0.489. The van der Waals surface area contributed by atoms with Crippen LogP contribution in [0.3, 0.4) is 0 Å². The maximum absolute atomic E-state index is 6.26. The van der Waals surface area contributed by atoms with Crippen molar-refractivity contribution in [2.45, 2.75) is 54.3 Å². The second kappa shape index (κ2) is 8.51. The van der Waals surface area contributed by atoms with E-state index in [1.165, 1.54) is 21.0 Å². The first-order chi connectivity index (χ1) is 12.4. The van der Waals surface area contributed by atoms with Crippen molar-refractivity contribution in [3.63, 3.8) is 0 Å². The summed E-state index contributed by atoms with van der Waals surface area (Å²) in [7, 11) is 0. The molecule has 0 N–H and O–H groups in total. The van der Waals surface area contributed by atoms with Crippen molar-refractivity contribution in [2.75, 3.05) is 0 Å². The van der Waals surface area contributed by atoms with Crippen LogP contribution in [0.2, 0.25) is 5.02 Å². The first kappa shape index (κ1) is 19.3. The third-order valence-electron chi connectivity index (χ3n) is 3.91. The van der Waals surface area contributed by atoms with Crippen molar-refractivity contribution in [2.24, 2.45) is 0 Å². The Kier molecular flexibility index (Phi) is 6.33. The number of hydrogen-bond donors (Lipinski definition) is 0. The molecule has 0 aliphatic rings. The van der Waals surface area contributed by atoms with Crippen LogP contribution in [0, 0.1) is 13.8 Å². The van der Waals surface area contributed by atoms with Crippen molar-refractivity contribution in [3.8, 4) is 0 Å². The lowest BCUT2D eigenvalue weighted by Gasteiger charge is -2.13. The van der Waals surface area contributed by atoms with E-state index < -0.39 is 0 Å². The van der Waals surface area contributed by atoms with E-state index in [1.54, 1.807) is 11.8 Å². The van der Waals surface area contributed by atoms with Gasteiger partial charge in [-0.2, -0.15) is 5.10 Å². The molecule has 0 amide bonds. The highest BCUT2D eigenvalue weighted by Gasteiger charge is 2.19. The van der Waals surface area contributed by atoms with Crippen LogP contribution < -0.4 is 0 Å². The third kappa shape index (κ3) is 4.64. The van der Waals surface area contributed by atoms with Gasteiger partial charge in [0.25, 0.3) is 0 Å². The zero-order chi connectivity index (χ0) is 18.7. The molecule has 2 heterocycles. The lowest BCUT2D eigenvalue weighted by Crippen LogP contribution is -2.04. The zero-order valence-electron chi connectivity index (χ0n) is 15.4. The number of hydrogen-bond acceptors (Lipinski definition) is 4. The minimum Gasteiger partial charge on any atom is -0.265 e.